The lowest BCUT2D eigenvalue weighted by molar-refractivity contribution is -0.143. The van der Waals surface area contributed by atoms with E-state index < -0.39 is 66.3 Å². The Balaban J connectivity index is 1.52. The Bertz CT molecular complexity index is 1680. The number of aromatic nitrogens is 2. The molecule has 44 heavy (non-hydrogen) atoms. The van der Waals surface area contributed by atoms with Crippen LogP contribution in [0.4, 0.5) is 0 Å². The van der Waals surface area contributed by atoms with Crippen LogP contribution < -0.4 is 27.4 Å². The zero-order valence-corrected chi connectivity index (χ0v) is 23.9. The second-order valence-corrected chi connectivity index (χ2v) is 10.6. The molecule has 0 aliphatic carbocycles. The van der Waals surface area contributed by atoms with Crippen LogP contribution >= 0.6 is 0 Å². The highest BCUT2D eigenvalue weighted by molar-refractivity contribution is 5.96. The van der Waals surface area contributed by atoms with Crippen molar-refractivity contribution < 1.29 is 34.2 Å². The summed E-state index contributed by atoms with van der Waals surface area (Å²) in [5.41, 5.74) is 14.4. The van der Waals surface area contributed by atoms with Gasteiger partial charge in [0.25, 0.3) is 0 Å². The van der Waals surface area contributed by atoms with Gasteiger partial charge in [0.15, 0.2) is 0 Å². The SMILES string of the molecule is CC(O)C(NC(=O)C(N)Cc1c[nH]c2ccccc12)C(=O)NC(Cc1c[nH]c2ccccc12)C(=O)NC(CC(N)=O)C(=O)O. The van der Waals surface area contributed by atoms with Gasteiger partial charge in [0.1, 0.15) is 18.1 Å². The maximum Gasteiger partial charge on any atom is 0.326 e. The third kappa shape index (κ3) is 7.59. The number of aliphatic carboxylic acids is 1. The van der Waals surface area contributed by atoms with Gasteiger partial charge in [0.05, 0.1) is 18.6 Å². The number of carboxylic acids is 1. The summed E-state index contributed by atoms with van der Waals surface area (Å²) in [6.07, 6.45) is 1.38. The summed E-state index contributed by atoms with van der Waals surface area (Å²) in [5, 5.41) is 28.8. The number of aliphatic hydroxyl groups is 1. The number of benzene rings is 2. The van der Waals surface area contributed by atoms with Crippen molar-refractivity contribution in [2.45, 2.75) is 56.5 Å². The van der Waals surface area contributed by atoms with Crippen molar-refractivity contribution in [3.05, 3.63) is 72.1 Å². The van der Waals surface area contributed by atoms with Crippen LogP contribution in [0.5, 0.6) is 0 Å². The Morgan fingerprint density at radius 3 is 1.82 bits per heavy atom. The van der Waals surface area contributed by atoms with E-state index in [1.165, 1.54) is 6.92 Å². The molecule has 0 aliphatic heterocycles. The van der Waals surface area contributed by atoms with Crippen LogP contribution in [0.2, 0.25) is 0 Å². The van der Waals surface area contributed by atoms with Crippen LogP contribution in [0.25, 0.3) is 21.8 Å². The molecular weight excluding hydrogens is 570 g/mol. The lowest BCUT2D eigenvalue weighted by Gasteiger charge is -2.26. The minimum atomic E-state index is -1.64. The normalized spacial score (nSPS) is 14.7. The molecule has 4 aromatic rings. The largest absolute Gasteiger partial charge is 0.480 e. The van der Waals surface area contributed by atoms with Gasteiger partial charge in [-0.2, -0.15) is 0 Å². The molecule has 4 rings (SSSR count). The molecule has 5 atom stereocenters. The highest BCUT2D eigenvalue weighted by atomic mass is 16.4. The number of fused-ring (bicyclic) bond motifs is 2. The first-order valence-corrected chi connectivity index (χ1v) is 13.9. The average Bonchev–Trinajstić information content (AvgIpc) is 3.58. The first-order chi connectivity index (χ1) is 20.9. The molecule has 0 spiro atoms. The minimum Gasteiger partial charge on any atom is -0.480 e. The molecule has 4 amide bonds. The number of para-hydroxylation sites is 2. The van der Waals surface area contributed by atoms with Gasteiger partial charge < -0.3 is 47.6 Å². The van der Waals surface area contributed by atoms with Crippen molar-refractivity contribution in [3.63, 3.8) is 0 Å². The van der Waals surface area contributed by atoms with Crippen molar-refractivity contribution in [1.82, 2.24) is 25.9 Å². The Kier molecular flexibility index (Phi) is 9.98. The fraction of sp³-hybridized carbons (Fsp3) is 0.300. The average molecular weight is 606 g/mol. The van der Waals surface area contributed by atoms with E-state index in [1.807, 2.05) is 36.4 Å². The van der Waals surface area contributed by atoms with E-state index in [4.69, 9.17) is 11.5 Å². The van der Waals surface area contributed by atoms with E-state index in [-0.39, 0.29) is 12.8 Å². The van der Waals surface area contributed by atoms with E-state index in [1.54, 1.807) is 24.5 Å². The summed E-state index contributed by atoms with van der Waals surface area (Å²) in [7, 11) is 0. The molecule has 5 unspecified atom stereocenters. The number of rotatable bonds is 14. The summed E-state index contributed by atoms with van der Waals surface area (Å²) < 4.78 is 0. The van der Waals surface area contributed by atoms with Gasteiger partial charge in [-0.25, -0.2) is 4.79 Å². The number of nitrogens with two attached hydrogens (primary N) is 2. The summed E-state index contributed by atoms with van der Waals surface area (Å²) in [4.78, 5) is 69.0. The molecule has 0 saturated carbocycles. The monoisotopic (exact) mass is 605 g/mol. The molecule has 11 N–H and O–H groups in total. The Labute approximate surface area is 251 Å². The van der Waals surface area contributed by atoms with Gasteiger partial charge >= 0.3 is 5.97 Å². The summed E-state index contributed by atoms with van der Waals surface area (Å²) in [6, 6.07) is 9.14. The van der Waals surface area contributed by atoms with Gasteiger partial charge in [-0.3, -0.25) is 19.2 Å². The third-order valence-electron chi connectivity index (χ3n) is 7.27. The molecule has 2 aromatic carbocycles. The Morgan fingerprint density at radius 2 is 1.30 bits per heavy atom. The van der Waals surface area contributed by atoms with Crippen molar-refractivity contribution in [3.8, 4) is 0 Å². The number of amides is 4. The molecule has 232 valence electrons. The number of carboxylic acid groups (broad SMARTS) is 1. The molecule has 0 radical (unpaired) electrons. The fourth-order valence-electron chi connectivity index (χ4n) is 4.96. The number of carbonyl (C=O) groups excluding carboxylic acids is 4. The second-order valence-electron chi connectivity index (χ2n) is 10.6. The molecule has 0 aliphatic rings. The number of H-pyrrole nitrogens is 2. The number of aliphatic hydroxyl groups excluding tert-OH is 1. The van der Waals surface area contributed by atoms with E-state index in [0.29, 0.717) is 5.56 Å². The molecule has 14 nitrogen and oxygen atoms in total. The van der Waals surface area contributed by atoms with Crippen LogP contribution in [0.3, 0.4) is 0 Å². The van der Waals surface area contributed by atoms with Gasteiger partial charge in [0, 0.05) is 40.6 Å². The number of aromatic amines is 2. The standard InChI is InChI=1S/C30H35N7O7/c1-15(38)26(37-27(40)20(31)10-16-13-33-21-8-4-2-6-18(16)21)29(42)35-23(28(41)36-24(30(43)44)12-25(32)39)11-17-14-34-22-9-5-3-7-19(17)22/h2-9,13-15,20,23-24,26,33-34,38H,10-12,31H2,1H3,(H2,32,39)(H,35,42)(H,36,41)(H,37,40)(H,43,44). The topological polar surface area (TPSA) is 246 Å². The van der Waals surface area contributed by atoms with Gasteiger partial charge in [-0.1, -0.05) is 36.4 Å². The molecule has 0 bridgehead atoms. The molecule has 0 saturated heterocycles. The number of nitrogens with one attached hydrogen (secondary N) is 5. The van der Waals surface area contributed by atoms with E-state index in [0.717, 1.165) is 27.4 Å². The number of carbonyl (C=O) groups is 5. The van der Waals surface area contributed by atoms with Crippen molar-refractivity contribution in [2.75, 3.05) is 0 Å². The van der Waals surface area contributed by atoms with Crippen LogP contribution in [0.1, 0.15) is 24.5 Å². The highest BCUT2D eigenvalue weighted by Crippen LogP contribution is 2.20. The smallest absolute Gasteiger partial charge is 0.326 e. The summed E-state index contributed by atoms with van der Waals surface area (Å²) >= 11 is 0. The van der Waals surface area contributed by atoms with Crippen LogP contribution in [0, 0.1) is 0 Å². The van der Waals surface area contributed by atoms with Crippen LogP contribution in [-0.2, 0) is 36.8 Å². The predicted octanol–water partition coefficient (Wildman–Crippen LogP) is -0.443. The lowest BCUT2D eigenvalue weighted by Crippen LogP contribution is -2.60. The zero-order chi connectivity index (χ0) is 32.0. The third-order valence-corrected chi connectivity index (χ3v) is 7.27. The fourth-order valence-corrected chi connectivity index (χ4v) is 4.96. The Hall–Kier alpha value is -5.21. The van der Waals surface area contributed by atoms with Crippen molar-refractivity contribution >= 4 is 51.4 Å². The number of hydrogen-bond acceptors (Lipinski definition) is 7. The van der Waals surface area contributed by atoms with Gasteiger partial charge in [-0.15, -0.1) is 0 Å². The van der Waals surface area contributed by atoms with Crippen molar-refractivity contribution in [1.29, 1.82) is 0 Å². The summed E-state index contributed by atoms with van der Waals surface area (Å²) in [6.45, 7) is 1.29. The molecule has 0 fully saturated rings. The number of hydrogen-bond donors (Lipinski definition) is 9. The lowest BCUT2D eigenvalue weighted by atomic mass is 10.0. The number of primary amides is 1. The maximum absolute atomic E-state index is 13.4. The predicted molar refractivity (Wildman–Crippen MR) is 161 cm³/mol. The minimum absolute atomic E-state index is 0.0922. The van der Waals surface area contributed by atoms with Crippen molar-refractivity contribution in [2.24, 2.45) is 11.5 Å². The molecule has 2 heterocycles. The van der Waals surface area contributed by atoms with E-state index in [2.05, 4.69) is 25.9 Å². The zero-order valence-electron chi connectivity index (χ0n) is 23.9. The van der Waals surface area contributed by atoms with E-state index in [9.17, 15) is 34.2 Å². The van der Waals surface area contributed by atoms with Crippen LogP contribution in [-0.4, -0.2) is 80.1 Å². The molecule has 2 aromatic heterocycles. The first-order valence-electron chi connectivity index (χ1n) is 13.9. The molecule has 14 heteroatoms. The van der Waals surface area contributed by atoms with Crippen LogP contribution in [0.15, 0.2) is 60.9 Å². The summed E-state index contributed by atoms with van der Waals surface area (Å²) in [5.74, 6) is -4.97. The first kappa shape index (κ1) is 31.7. The van der Waals surface area contributed by atoms with Gasteiger partial charge in [0.2, 0.25) is 23.6 Å². The molecular formula is C30H35N7O7. The second kappa shape index (κ2) is 13.8. The Morgan fingerprint density at radius 1 is 0.773 bits per heavy atom. The maximum atomic E-state index is 13.4. The van der Waals surface area contributed by atoms with E-state index >= 15 is 0 Å². The van der Waals surface area contributed by atoms with Gasteiger partial charge in [-0.05, 0) is 36.6 Å². The highest BCUT2D eigenvalue weighted by Gasteiger charge is 2.33. The quantitative estimate of drug-likeness (QED) is 0.0909.